The minimum atomic E-state index is -0.196. The zero-order valence-electron chi connectivity index (χ0n) is 12.9. The highest BCUT2D eigenvalue weighted by Gasteiger charge is 2.09. The Hall–Kier alpha value is -2.86. The normalized spacial score (nSPS) is 10.4. The molecule has 0 spiro atoms. The van der Waals surface area contributed by atoms with E-state index in [4.69, 9.17) is 16.3 Å². The molecule has 0 atom stereocenters. The Morgan fingerprint density at radius 2 is 1.96 bits per heavy atom. The fourth-order valence-electron chi connectivity index (χ4n) is 2.19. The summed E-state index contributed by atoms with van der Waals surface area (Å²) in [6, 6.07) is 14.2. The van der Waals surface area contributed by atoms with Crippen LogP contribution in [0.5, 0.6) is 5.75 Å². The van der Waals surface area contributed by atoms with Gasteiger partial charge in [-0.2, -0.15) is 0 Å². The summed E-state index contributed by atoms with van der Waals surface area (Å²) in [6.45, 7) is 0.274. The summed E-state index contributed by atoms with van der Waals surface area (Å²) in [5.41, 5.74) is 1.96. The van der Waals surface area contributed by atoms with Crippen LogP contribution in [0.25, 0.3) is 5.69 Å². The van der Waals surface area contributed by atoms with Gasteiger partial charge in [-0.05, 0) is 36.4 Å². The third kappa shape index (κ3) is 3.55. The second-order valence-corrected chi connectivity index (χ2v) is 5.45. The zero-order chi connectivity index (χ0) is 16.9. The number of methoxy groups -OCH3 is 1. The van der Waals surface area contributed by atoms with E-state index in [1.54, 1.807) is 42.3 Å². The van der Waals surface area contributed by atoms with Crippen molar-refractivity contribution in [2.24, 2.45) is 0 Å². The van der Waals surface area contributed by atoms with Gasteiger partial charge in [0.05, 0.1) is 19.9 Å². The quantitative estimate of drug-likeness (QED) is 0.774. The van der Waals surface area contributed by atoms with Crippen LogP contribution in [-0.4, -0.2) is 28.0 Å². The van der Waals surface area contributed by atoms with Crippen LogP contribution >= 0.6 is 11.6 Å². The van der Waals surface area contributed by atoms with Gasteiger partial charge in [-0.3, -0.25) is 4.79 Å². The molecular formula is C17H15ClN4O2. The topological polar surface area (TPSA) is 69.0 Å². The van der Waals surface area contributed by atoms with E-state index in [-0.39, 0.29) is 12.5 Å². The summed E-state index contributed by atoms with van der Waals surface area (Å²) in [7, 11) is 1.60. The molecule has 1 amide bonds. The smallest absolute Gasteiger partial charge is 0.251 e. The Kier molecular flexibility index (Phi) is 4.77. The highest BCUT2D eigenvalue weighted by molar-refractivity contribution is 6.30. The maximum absolute atomic E-state index is 12.1. The monoisotopic (exact) mass is 342 g/mol. The van der Waals surface area contributed by atoms with Gasteiger partial charge in [0, 0.05) is 10.6 Å². The van der Waals surface area contributed by atoms with Crippen molar-refractivity contribution in [2.45, 2.75) is 6.54 Å². The highest BCUT2D eigenvalue weighted by atomic mass is 35.5. The molecule has 0 aliphatic carbocycles. The molecule has 2 aromatic carbocycles. The molecule has 7 heteroatoms. The van der Waals surface area contributed by atoms with Crippen molar-refractivity contribution in [3.05, 3.63) is 71.0 Å². The molecule has 0 fully saturated rings. The van der Waals surface area contributed by atoms with Crippen LogP contribution in [-0.2, 0) is 6.54 Å². The number of nitrogens with one attached hydrogen (secondary N) is 1. The molecule has 3 rings (SSSR count). The van der Waals surface area contributed by atoms with Crippen molar-refractivity contribution in [2.75, 3.05) is 7.11 Å². The maximum atomic E-state index is 12.1. The van der Waals surface area contributed by atoms with Crippen LogP contribution in [0.1, 0.15) is 16.1 Å². The Bertz CT molecular complexity index is 846. The van der Waals surface area contributed by atoms with Gasteiger partial charge >= 0.3 is 0 Å². The van der Waals surface area contributed by atoms with E-state index < -0.39 is 0 Å². The van der Waals surface area contributed by atoms with Crippen molar-refractivity contribution in [3.63, 3.8) is 0 Å². The maximum Gasteiger partial charge on any atom is 0.251 e. The first kappa shape index (κ1) is 16.0. The number of benzene rings is 2. The average Bonchev–Trinajstić information content (AvgIpc) is 3.09. The lowest BCUT2D eigenvalue weighted by molar-refractivity contribution is 0.0950. The number of hydrogen-bond acceptors (Lipinski definition) is 4. The van der Waals surface area contributed by atoms with Gasteiger partial charge in [0.25, 0.3) is 5.91 Å². The van der Waals surface area contributed by atoms with Crippen molar-refractivity contribution in [1.29, 1.82) is 0 Å². The van der Waals surface area contributed by atoms with Crippen molar-refractivity contribution in [3.8, 4) is 11.4 Å². The summed E-state index contributed by atoms with van der Waals surface area (Å²) >= 11 is 5.81. The van der Waals surface area contributed by atoms with Crippen LogP contribution in [0, 0.1) is 0 Å². The summed E-state index contributed by atoms with van der Waals surface area (Å²) in [6.07, 6.45) is 1.75. The predicted octanol–water partition coefficient (Wildman–Crippen LogP) is 2.86. The molecule has 0 unspecified atom stereocenters. The number of carbonyl (C=O) groups is 1. The first-order chi connectivity index (χ1) is 11.7. The fourth-order valence-corrected chi connectivity index (χ4v) is 2.32. The lowest BCUT2D eigenvalue weighted by Gasteiger charge is -2.06. The molecule has 24 heavy (non-hydrogen) atoms. The number of nitrogens with zero attached hydrogens (tertiary/aromatic N) is 3. The van der Waals surface area contributed by atoms with Crippen LogP contribution in [0.4, 0.5) is 0 Å². The van der Waals surface area contributed by atoms with Crippen LogP contribution in [0.15, 0.2) is 54.7 Å². The van der Waals surface area contributed by atoms with Crippen molar-refractivity contribution >= 4 is 17.5 Å². The van der Waals surface area contributed by atoms with E-state index in [0.29, 0.717) is 22.0 Å². The lowest BCUT2D eigenvalue weighted by atomic mass is 10.2. The number of halogens is 1. The fraction of sp³-hybridized carbons (Fsp3) is 0.118. The molecular weight excluding hydrogens is 328 g/mol. The summed E-state index contributed by atoms with van der Waals surface area (Å²) in [5.74, 6) is 0.498. The number of amides is 1. The Morgan fingerprint density at radius 3 is 2.71 bits per heavy atom. The first-order valence-electron chi connectivity index (χ1n) is 7.26. The number of aromatic nitrogens is 3. The van der Waals surface area contributed by atoms with Gasteiger partial charge in [-0.1, -0.05) is 28.9 Å². The Balaban J connectivity index is 1.68. The molecule has 0 saturated heterocycles. The standard InChI is InChI=1S/C17H15ClN4O2/c1-24-16-5-3-2-4-15(16)22-11-14(20-21-22)10-19-17(23)12-6-8-13(18)9-7-12/h2-9,11H,10H2,1H3,(H,19,23). The molecule has 0 aliphatic heterocycles. The van der Waals surface area contributed by atoms with Gasteiger partial charge in [-0.25, -0.2) is 4.68 Å². The molecule has 122 valence electrons. The number of ether oxygens (including phenoxy) is 1. The van der Waals surface area contributed by atoms with Crippen LogP contribution in [0.3, 0.4) is 0 Å². The second kappa shape index (κ2) is 7.14. The molecule has 3 aromatic rings. The van der Waals surface area contributed by atoms with E-state index in [2.05, 4.69) is 15.6 Å². The zero-order valence-corrected chi connectivity index (χ0v) is 13.7. The van der Waals surface area contributed by atoms with E-state index in [1.165, 1.54) is 0 Å². The minimum absolute atomic E-state index is 0.196. The molecule has 0 bridgehead atoms. The van der Waals surface area contributed by atoms with Gasteiger partial charge in [0.1, 0.15) is 17.1 Å². The number of hydrogen-bond donors (Lipinski definition) is 1. The minimum Gasteiger partial charge on any atom is -0.494 e. The van der Waals surface area contributed by atoms with E-state index in [9.17, 15) is 4.79 Å². The summed E-state index contributed by atoms with van der Waals surface area (Å²) in [5, 5.41) is 11.5. The average molecular weight is 343 g/mol. The molecule has 1 N–H and O–H groups in total. The molecule has 6 nitrogen and oxygen atoms in total. The van der Waals surface area contributed by atoms with Crippen LogP contribution < -0.4 is 10.1 Å². The Labute approximate surface area is 144 Å². The number of rotatable bonds is 5. The van der Waals surface area contributed by atoms with E-state index >= 15 is 0 Å². The SMILES string of the molecule is COc1ccccc1-n1cc(CNC(=O)c2ccc(Cl)cc2)nn1. The Morgan fingerprint density at radius 1 is 1.21 bits per heavy atom. The van der Waals surface area contributed by atoms with Gasteiger partial charge in [0.2, 0.25) is 0 Å². The molecule has 0 saturated carbocycles. The van der Waals surface area contributed by atoms with Gasteiger partial charge < -0.3 is 10.1 Å². The summed E-state index contributed by atoms with van der Waals surface area (Å²) < 4.78 is 6.92. The van der Waals surface area contributed by atoms with Gasteiger partial charge in [-0.15, -0.1) is 5.10 Å². The second-order valence-electron chi connectivity index (χ2n) is 5.02. The third-order valence-corrected chi connectivity index (χ3v) is 3.66. The molecule has 0 aliphatic rings. The first-order valence-corrected chi connectivity index (χ1v) is 7.63. The lowest BCUT2D eigenvalue weighted by Crippen LogP contribution is -2.22. The van der Waals surface area contributed by atoms with Crippen molar-refractivity contribution in [1.82, 2.24) is 20.3 Å². The number of carbonyl (C=O) groups excluding carboxylic acids is 1. The van der Waals surface area contributed by atoms with Gasteiger partial charge in [0.15, 0.2) is 0 Å². The van der Waals surface area contributed by atoms with Crippen LogP contribution in [0.2, 0.25) is 5.02 Å². The largest absolute Gasteiger partial charge is 0.494 e. The third-order valence-electron chi connectivity index (χ3n) is 3.41. The van der Waals surface area contributed by atoms with Crippen molar-refractivity contribution < 1.29 is 9.53 Å². The number of para-hydroxylation sites is 2. The van der Waals surface area contributed by atoms with E-state index in [0.717, 1.165) is 5.69 Å². The molecule has 1 aromatic heterocycles. The molecule has 1 heterocycles. The van der Waals surface area contributed by atoms with E-state index in [1.807, 2.05) is 24.3 Å². The molecule has 0 radical (unpaired) electrons. The predicted molar refractivity (Wildman–Crippen MR) is 90.5 cm³/mol. The summed E-state index contributed by atoms with van der Waals surface area (Å²) in [4.78, 5) is 12.1. The highest BCUT2D eigenvalue weighted by Crippen LogP contribution is 2.21.